The van der Waals surface area contributed by atoms with Gasteiger partial charge in [-0.15, -0.1) is 0 Å². The van der Waals surface area contributed by atoms with Gasteiger partial charge in [0.15, 0.2) is 5.78 Å². The van der Waals surface area contributed by atoms with Gasteiger partial charge in [-0.1, -0.05) is 84.0 Å². The minimum absolute atomic E-state index is 0.147. The monoisotopic (exact) mass is 532 g/mol. The molecular weight excluding hydrogens is 492 g/mol. The van der Waals surface area contributed by atoms with E-state index in [1.54, 1.807) is 36.4 Å². The van der Waals surface area contributed by atoms with Gasteiger partial charge in [-0.3, -0.25) is 9.59 Å². The fraction of sp³-hybridized carbons (Fsp3) is 0.394. The van der Waals surface area contributed by atoms with Gasteiger partial charge in [0.05, 0.1) is 18.8 Å². The van der Waals surface area contributed by atoms with E-state index in [0.29, 0.717) is 36.5 Å². The number of ether oxygens (including phenoxy) is 2. The molecule has 0 radical (unpaired) electrons. The molecular formula is C33H40O6. The van der Waals surface area contributed by atoms with Crippen LogP contribution in [-0.2, 0) is 26.8 Å². The molecule has 0 heterocycles. The molecule has 3 rings (SSSR count). The zero-order valence-corrected chi connectivity index (χ0v) is 23.8. The summed E-state index contributed by atoms with van der Waals surface area (Å²) in [4.78, 5) is 24.9. The third-order valence-corrected chi connectivity index (χ3v) is 6.47. The SMILES string of the molecule is CC(C)(C)c1cc(CCC(=O)OCCCOc2ccc(C(=O)c3ccccc3)c(O)c2)cc(C(C)(C)C)c1O. The molecule has 0 fully saturated rings. The first-order chi connectivity index (χ1) is 18.3. The van der Waals surface area contributed by atoms with Crippen molar-refractivity contribution in [1.82, 2.24) is 0 Å². The van der Waals surface area contributed by atoms with Crippen LogP contribution in [0, 0.1) is 0 Å². The Hall–Kier alpha value is -3.80. The van der Waals surface area contributed by atoms with E-state index in [1.807, 2.05) is 18.2 Å². The van der Waals surface area contributed by atoms with Crippen LogP contribution < -0.4 is 4.74 Å². The topological polar surface area (TPSA) is 93.1 Å². The van der Waals surface area contributed by atoms with E-state index in [4.69, 9.17) is 9.47 Å². The highest BCUT2D eigenvalue weighted by Crippen LogP contribution is 2.40. The molecule has 0 saturated carbocycles. The summed E-state index contributed by atoms with van der Waals surface area (Å²) in [6.45, 7) is 12.9. The number of carbonyl (C=O) groups excluding carboxylic acids is 2. The minimum Gasteiger partial charge on any atom is -0.507 e. The summed E-state index contributed by atoms with van der Waals surface area (Å²) in [7, 11) is 0. The van der Waals surface area contributed by atoms with Crippen molar-refractivity contribution in [2.24, 2.45) is 0 Å². The van der Waals surface area contributed by atoms with Crippen LogP contribution in [0.3, 0.4) is 0 Å². The summed E-state index contributed by atoms with van der Waals surface area (Å²) in [5, 5.41) is 21.2. The number of carbonyl (C=O) groups is 2. The standard InChI is InChI=1S/C33H40O6/c1-32(2,3)26-19-22(20-27(31(26)37)33(4,5)6)13-16-29(35)39-18-10-17-38-24-14-15-25(28(34)21-24)30(36)23-11-8-7-9-12-23/h7-9,11-12,14-15,19-21,34,37H,10,13,16-18H2,1-6H3. The number of ketones is 1. The largest absolute Gasteiger partial charge is 0.507 e. The lowest BCUT2D eigenvalue weighted by Crippen LogP contribution is -2.18. The number of benzene rings is 3. The van der Waals surface area contributed by atoms with Crippen LogP contribution in [0.4, 0.5) is 0 Å². The molecule has 3 aromatic carbocycles. The smallest absolute Gasteiger partial charge is 0.306 e. The average molecular weight is 533 g/mol. The van der Waals surface area contributed by atoms with Gasteiger partial charge in [0.2, 0.25) is 0 Å². The lowest BCUT2D eigenvalue weighted by atomic mass is 9.78. The van der Waals surface area contributed by atoms with E-state index in [9.17, 15) is 19.8 Å². The molecule has 0 spiro atoms. The Morgan fingerprint density at radius 3 is 1.97 bits per heavy atom. The Morgan fingerprint density at radius 1 is 0.795 bits per heavy atom. The molecule has 208 valence electrons. The van der Waals surface area contributed by atoms with Crippen molar-refractivity contribution in [2.45, 2.75) is 71.6 Å². The molecule has 3 aromatic rings. The first kappa shape index (κ1) is 29.8. The number of phenolic OH excluding ortho intramolecular Hbond substituents is 2. The highest BCUT2D eigenvalue weighted by molar-refractivity contribution is 6.10. The van der Waals surface area contributed by atoms with Crippen molar-refractivity contribution < 1.29 is 29.3 Å². The van der Waals surface area contributed by atoms with Crippen LogP contribution >= 0.6 is 0 Å². The number of hydrogen-bond donors (Lipinski definition) is 2. The van der Waals surface area contributed by atoms with Gasteiger partial charge in [0.1, 0.15) is 17.2 Å². The molecule has 0 atom stereocenters. The van der Waals surface area contributed by atoms with Crippen molar-refractivity contribution in [3.05, 3.63) is 88.5 Å². The molecule has 0 unspecified atom stereocenters. The first-order valence-corrected chi connectivity index (χ1v) is 13.4. The van der Waals surface area contributed by atoms with E-state index in [1.165, 1.54) is 6.07 Å². The summed E-state index contributed by atoms with van der Waals surface area (Å²) < 4.78 is 11.0. The van der Waals surface area contributed by atoms with Crippen molar-refractivity contribution in [3.8, 4) is 17.2 Å². The lowest BCUT2D eigenvalue weighted by molar-refractivity contribution is -0.143. The first-order valence-electron chi connectivity index (χ1n) is 13.4. The quantitative estimate of drug-likeness (QED) is 0.168. The second-order valence-electron chi connectivity index (χ2n) is 11.8. The molecule has 6 nitrogen and oxygen atoms in total. The maximum absolute atomic E-state index is 12.6. The van der Waals surface area contributed by atoms with Gasteiger partial charge in [-0.2, -0.15) is 0 Å². The summed E-state index contributed by atoms with van der Waals surface area (Å²) >= 11 is 0. The molecule has 0 bridgehead atoms. The number of hydrogen-bond acceptors (Lipinski definition) is 6. The zero-order chi connectivity index (χ0) is 28.8. The lowest BCUT2D eigenvalue weighted by Gasteiger charge is -2.28. The number of aryl methyl sites for hydroxylation is 1. The van der Waals surface area contributed by atoms with E-state index >= 15 is 0 Å². The highest BCUT2D eigenvalue weighted by Gasteiger charge is 2.26. The number of rotatable bonds is 10. The van der Waals surface area contributed by atoms with Gasteiger partial charge in [0, 0.05) is 24.5 Å². The Bertz CT molecular complexity index is 1260. The van der Waals surface area contributed by atoms with Crippen LogP contribution in [0.1, 0.15) is 87.0 Å². The van der Waals surface area contributed by atoms with E-state index < -0.39 is 0 Å². The van der Waals surface area contributed by atoms with Gasteiger partial charge >= 0.3 is 5.97 Å². The number of phenols is 2. The second kappa shape index (κ2) is 12.4. The molecule has 0 saturated heterocycles. The van der Waals surface area contributed by atoms with E-state index in [2.05, 4.69) is 41.5 Å². The van der Waals surface area contributed by atoms with Crippen LogP contribution in [0.2, 0.25) is 0 Å². The maximum atomic E-state index is 12.6. The Morgan fingerprint density at radius 2 is 1.41 bits per heavy atom. The van der Waals surface area contributed by atoms with Gasteiger partial charge in [-0.05, 0) is 46.1 Å². The molecule has 0 amide bonds. The highest BCUT2D eigenvalue weighted by atomic mass is 16.5. The minimum atomic E-state index is -0.292. The summed E-state index contributed by atoms with van der Waals surface area (Å²) in [5.41, 5.74) is 3.00. The average Bonchev–Trinajstić information content (AvgIpc) is 2.86. The van der Waals surface area contributed by atoms with Crippen LogP contribution in [0.25, 0.3) is 0 Å². The van der Waals surface area contributed by atoms with Crippen molar-refractivity contribution in [2.75, 3.05) is 13.2 Å². The maximum Gasteiger partial charge on any atom is 0.306 e. The molecule has 6 heteroatoms. The molecule has 0 aliphatic heterocycles. The van der Waals surface area contributed by atoms with Gasteiger partial charge in [0.25, 0.3) is 0 Å². The molecule has 2 N–H and O–H groups in total. The Labute approximate surface area is 231 Å². The second-order valence-corrected chi connectivity index (χ2v) is 11.8. The van der Waals surface area contributed by atoms with Crippen LogP contribution in [0.15, 0.2) is 60.7 Å². The van der Waals surface area contributed by atoms with Crippen LogP contribution in [0.5, 0.6) is 17.2 Å². The van der Waals surface area contributed by atoms with Crippen molar-refractivity contribution in [1.29, 1.82) is 0 Å². The number of esters is 1. The van der Waals surface area contributed by atoms with Gasteiger partial charge < -0.3 is 19.7 Å². The van der Waals surface area contributed by atoms with Gasteiger partial charge in [-0.25, -0.2) is 0 Å². The Balaban J connectivity index is 1.47. The molecule has 0 aliphatic rings. The Kier molecular flexibility index (Phi) is 9.44. The van der Waals surface area contributed by atoms with Crippen molar-refractivity contribution in [3.63, 3.8) is 0 Å². The molecule has 0 aliphatic carbocycles. The summed E-state index contributed by atoms with van der Waals surface area (Å²) in [6, 6.07) is 17.3. The summed E-state index contributed by atoms with van der Waals surface area (Å²) in [6.07, 6.45) is 1.25. The van der Waals surface area contributed by atoms with E-state index in [0.717, 1.165) is 16.7 Å². The fourth-order valence-electron chi connectivity index (χ4n) is 4.27. The normalized spacial score (nSPS) is 11.7. The van der Waals surface area contributed by atoms with E-state index in [-0.39, 0.29) is 46.9 Å². The van der Waals surface area contributed by atoms with Crippen LogP contribution in [-0.4, -0.2) is 35.2 Å². The third kappa shape index (κ3) is 8.09. The van der Waals surface area contributed by atoms with Crippen molar-refractivity contribution >= 4 is 11.8 Å². The predicted molar refractivity (Wildman–Crippen MR) is 153 cm³/mol. The molecule has 0 aromatic heterocycles. The number of aromatic hydroxyl groups is 2. The zero-order valence-electron chi connectivity index (χ0n) is 23.8. The molecule has 39 heavy (non-hydrogen) atoms. The third-order valence-electron chi connectivity index (χ3n) is 6.47. The predicted octanol–water partition coefficient (Wildman–Crippen LogP) is 6.87. The summed E-state index contributed by atoms with van der Waals surface area (Å²) in [5.74, 6) is 0.0561. The fourth-order valence-corrected chi connectivity index (χ4v) is 4.27.